The predicted molar refractivity (Wildman–Crippen MR) is 83.8 cm³/mol. The first kappa shape index (κ1) is 15.7. The lowest BCUT2D eigenvalue weighted by atomic mass is 10.2. The Hall–Kier alpha value is -0.230. The molecule has 1 aliphatic heterocycles. The standard InChI is InChI=1S/C11H3Cl6N3O/c12-10(13,14)8-18-7(19-9(20-8)11(15,16)17)4-1-2-5-6(3-4)21-5/h1-3H. The Morgan fingerprint density at radius 1 is 0.762 bits per heavy atom. The van der Waals surface area contributed by atoms with Crippen LogP contribution in [0.4, 0.5) is 0 Å². The Kier molecular flexibility index (Phi) is 3.84. The highest BCUT2D eigenvalue weighted by molar-refractivity contribution is 6.67. The fourth-order valence-corrected chi connectivity index (χ4v) is 2.07. The van der Waals surface area contributed by atoms with E-state index in [4.69, 9.17) is 74.3 Å². The lowest BCUT2D eigenvalue weighted by Gasteiger charge is -2.15. The van der Waals surface area contributed by atoms with Crippen molar-refractivity contribution in [1.82, 2.24) is 15.0 Å². The lowest BCUT2D eigenvalue weighted by Crippen LogP contribution is -2.16. The van der Waals surface area contributed by atoms with Crippen LogP contribution in [0.1, 0.15) is 11.6 Å². The Morgan fingerprint density at radius 2 is 1.33 bits per heavy atom. The van der Waals surface area contributed by atoms with Gasteiger partial charge in [-0.3, -0.25) is 0 Å². The average Bonchev–Trinajstić information content (AvgIpc) is 3.14. The van der Waals surface area contributed by atoms with Crippen LogP contribution < -0.4 is 4.74 Å². The van der Waals surface area contributed by atoms with Gasteiger partial charge in [0.1, 0.15) is 0 Å². The second kappa shape index (κ2) is 5.15. The maximum Gasteiger partial charge on any atom is 0.250 e. The number of nitrogens with zero attached hydrogens (tertiary/aromatic N) is 3. The van der Waals surface area contributed by atoms with Crippen LogP contribution in [0.5, 0.6) is 11.5 Å². The molecule has 0 saturated heterocycles. The van der Waals surface area contributed by atoms with Gasteiger partial charge in [0.2, 0.25) is 7.59 Å². The molecule has 0 fully saturated rings. The second-order valence-electron chi connectivity index (χ2n) is 4.07. The quantitative estimate of drug-likeness (QED) is 0.407. The fourth-order valence-electron chi connectivity index (χ4n) is 1.56. The van der Waals surface area contributed by atoms with Crippen molar-refractivity contribution in [2.45, 2.75) is 7.59 Å². The van der Waals surface area contributed by atoms with E-state index in [0.717, 1.165) is 11.5 Å². The average molecular weight is 406 g/mol. The van der Waals surface area contributed by atoms with Crippen molar-refractivity contribution in [3.63, 3.8) is 0 Å². The van der Waals surface area contributed by atoms with Gasteiger partial charge in [0.25, 0.3) is 0 Å². The van der Waals surface area contributed by atoms with Crippen LogP contribution in [-0.2, 0) is 7.59 Å². The summed E-state index contributed by atoms with van der Waals surface area (Å²) in [5, 5.41) is 0. The minimum absolute atomic E-state index is 0.135. The minimum atomic E-state index is -1.87. The molecule has 110 valence electrons. The first-order valence-electron chi connectivity index (χ1n) is 5.37. The van der Waals surface area contributed by atoms with Crippen molar-refractivity contribution in [2.75, 3.05) is 0 Å². The number of halogens is 6. The molecule has 1 aliphatic rings. The number of rotatable bonds is 1. The molecule has 10 heteroatoms. The fraction of sp³-hybridized carbons (Fsp3) is 0.182. The molecule has 1 aromatic heterocycles. The topological polar surface area (TPSA) is 51.2 Å². The van der Waals surface area contributed by atoms with E-state index in [1.165, 1.54) is 0 Å². The maximum absolute atomic E-state index is 5.81. The summed E-state index contributed by atoms with van der Waals surface area (Å²) in [6, 6.07) is 5.24. The third kappa shape index (κ3) is 3.41. The Morgan fingerprint density at radius 3 is 1.81 bits per heavy atom. The molecule has 0 radical (unpaired) electrons. The summed E-state index contributed by atoms with van der Waals surface area (Å²) in [5.74, 6) is 1.45. The molecule has 4 nitrogen and oxygen atoms in total. The number of hydrogen-bond donors (Lipinski definition) is 0. The smallest absolute Gasteiger partial charge is 0.250 e. The van der Waals surface area contributed by atoms with Crippen LogP contribution in [0.2, 0.25) is 0 Å². The molecular formula is C11H3Cl6N3O. The van der Waals surface area contributed by atoms with Crippen molar-refractivity contribution in [2.24, 2.45) is 0 Å². The monoisotopic (exact) mass is 403 g/mol. The third-order valence-corrected chi connectivity index (χ3v) is 3.54. The summed E-state index contributed by atoms with van der Waals surface area (Å²) < 4.78 is 1.42. The molecule has 3 rings (SSSR count). The number of aromatic nitrogens is 3. The summed E-state index contributed by atoms with van der Waals surface area (Å²) in [4.78, 5) is 12.1. The van der Waals surface area contributed by atoms with E-state index >= 15 is 0 Å². The Balaban J connectivity index is 2.16. The summed E-state index contributed by atoms with van der Waals surface area (Å²) >= 11 is 34.8. The molecule has 0 unspecified atom stereocenters. The van der Waals surface area contributed by atoms with E-state index in [9.17, 15) is 0 Å². The molecule has 0 saturated carbocycles. The van der Waals surface area contributed by atoms with E-state index < -0.39 is 7.59 Å². The summed E-state index contributed by atoms with van der Waals surface area (Å²) in [5.41, 5.74) is 0.625. The van der Waals surface area contributed by atoms with Gasteiger partial charge in [-0.1, -0.05) is 69.6 Å². The van der Waals surface area contributed by atoms with Gasteiger partial charge in [-0.2, -0.15) is 0 Å². The summed E-state index contributed by atoms with van der Waals surface area (Å²) in [6.07, 6.45) is 0. The Labute approximate surface area is 149 Å². The van der Waals surface area contributed by atoms with Crippen molar-refractivity contribution >= 4 is 69.6 Å². The van der Waals surface area contributed by atoms with Crippen LogP contribution in [0.25, 0.3) is 11.4 Å². The molecule has 2 heterocycles. The summed E-state index contributed by atoms with van der Waals surface area (Å²) in [6.45, 7) is 0. The van der Waals surface area contributed by atoms with Crippen LogP contribution in [0.15, 0.2) is 18.2 Å². The molecule has 0 aliphatic carbocycles. The molecule has 0 amide bonds. The van der Waals surface area contributed by atoms with Crippen molar-refractivity contribution < 1.29 is 4.74 Å². The summed E-state index contributed by atoms with van der Waals surface area (Å²) in [7, 11) is 0. The van der Waals surface area contributed by atoms with Gasteiger partial charge >= 0.3 is 0 Å². The second-order valence-corrected chi connectivity index (χ2v) is 8.63. The molecular weight excluding hydrogens is 403 g/mol. The SMILES string of the molecule is ClC(Cl)(Cl)c1nc(-c2ccc3c(c2)O3)nc(C(Cl)(Cl)Cl)n1. The van der Waals surface area contributed by atoms with Crippen molar-refractivity contribution in [3.8, 4) is 22.9 Å². The zero-order chi connectivity index (χ0) is 15.4. The lowest BCUT2D eigenvalue weighted by molar-refractivity contribution is 0.650. The highest BCUT2D eigenvalue weighted by Crippen LogP contribution is 2.47. The molecule has 0 atom stereocenters. The van der Waals surface area contributed by atoms with Gasteiger partial charge in [0, 0.05) is 5.56 Å². The molecule has 0 spiro atoms. The number of ether oxygens (including phenoxy) is 1. The molecule has 0 bridgehead atoms. The number of alkyl halides is 6. The van der Waals surface area contributed by atoms with E-state index in [-0.39, 0.29) is 17.5 Å². The zero-order valence-electron chi connectivity index (χ0n) is 9.75. The number of benzene rings is 1. The molecule has 0 N–H and O–H groups in total. The number of hydrogen-bond acceptors (Lipinski definition) is 4. The van der Waals surface area contributed by atoms with Gasteiger partial charge < -0.3 is 4.74 Å². The van der Waals surface area contributed by atoms with Gasteiger partial charge in [-0.15, -0.1) is 0 Å². The van der Waals surface area contributed by atoms with Gasteiger partial charge in [-0.05, 0) is 18.2 Å². The van der Waals surface area contributed by atoms with Crippen LogP contribution in [0, 0.1) is 0 Å². The Bertz CT molecular complexity index is 693. The minimum Gasteiger partial charge on any atom is -0.449 e. The van der Waals surface area contributed by atoms with Crippen molar-refractivity contribution in [3.05, 3.63) is 29.8 Å². The molecule has 2 aromatic rings. The molecule has 21 heavy (non-hydrogen) atoms. The van der Waals surface area contributed by atoms with Gasteiger partial charge in [0.05, 0.1) is 0 Å². The van der Waals surface area contributed by atoms with Gasteiger partial charge in [0.15, 0.2) is 29.0 Å². The first-order chi connectivity index (χ1) is 9.64. The van der Waals surface area contributed by atoms with Crippen LogP contribution >= 0.6 is 69.6 Å². The van der Waals surface area contributed by atoms with Crippen LogP contribution in [0.3, 0.4) is 0 Å². The molecule has 1 aromatic carbocycles. The largest absolute Gasteiger partial charge is 0.449 e. The van der Waals surface area contributed by atoms with E-state index in [0.29, 0.717) is 5.56 Å². The van der Waals surface area contributed by atoms with Crippen LogP contribution in [-0.4, -0.2) is 15.0 Å². The van der Waals surface area contributed by atoms with E-state index in [1.54, 1.807) is 18.2 Å². The highest BCUT2D eigenvalue weighted by Gasteiger charge is 2.34. The first-order valence-corrected chi connectivity index (χ1v) is 7.64. The maximum atomic E-state index is 5.81. The predicted octanol–water partition coefficient (Wildman–Crippen LogP) is 5.30. The zero-order valence-corrected chi connectivity index (χ0v) is 14.3. The van der Waals surface area contributed by atoms with Crippen molar-refractivity contribution in [1.29, 1.82) is 0 Å². The highest BCUT2D eigenvalue weighted by atomic mass is 35.6. The van der Waals surface area contributed by atoms with Gasteiger partial charge in [-0.25, -0.2) is 15.0 Å². The third-order valence-electron chi connectivity index (χ3n) is 2.52. The normalized spacial score (nSPS) is 13.6. The van der Waals surface area contributed by atoms with E-state index in [1.807, 2.05) is 0 Å². The number of fused-ring (bicyclic) bond motifs is 1. The van der Waals surface area contributed by atoms with E-state index in [2.05, 4.69) is 15.0 Å².